The summed E-state index contributed by atoms with van der Waals surface area (Å²) in [6.45, 7) is 4.91. The molecule has 0 aromatic heterocycles. The molecule has 0 amide bonds. The number of nitrogens with one attached hydrogen (secondary N) is 2. The van der Waals surface area contributed by atoms with Crippen LogP contribution >= 0.6 is 0 Å². The summed E-state index contributed by atoms with van der Waals surface area (Å²) in [5, 5.41) is 6.56. The van der Waals surface area contributed by atoms with E-state index in [2.05, 4.69) is 58.8 Å². The van der Waals surface area contributed by atoms with Crippen LogP contribution in [0.25, 0.3) is 0 Å². The molecule has 0 heterocycles. The number of anilines is 1. The van der Waals surface area contributed by atoms with E-state index in [1.54, 1.807) is 7.05 Å². The van der Waals surface area contributed by atoms with Gasteiger partial charge in [-0.25, -0.2) is 0 Å². The van der Waals surface area contributed by atoms with Gasteiger partial charge in [-0.1, -0.05) is 25.1 Å². The van der Waals surface area contributed by atoms with Crippen LogP contribution in [0.5, 0.6) is 0 Å². The number of likely N-dealkylation sites (N-methyl/N-ethyl adjacent to an activating group) is 1. The van der Waals surface area contributed by atoms with E-state index in [1.807, 2.05) is 6.07 Å². The lowest BCUT2D eigenvalue weighted by Crippen LogP contribution is -2.41. The predicted molar refractivity (Wildman–Crippen MR) is 79.4 cm³/mol. The molecular weight excluding hydrogens is 224 g/mol. The lowest BCUT2D eigenvalue weighted by molar-refractivity contribution is 0.763. The molecule has 0 radical (unpaired) electrons. The van der Waals surface area contributed by atoms with Gasteiger partial charge in [0.2, 0.25) is 0 Å². The van der Waals surface area contributed by atoms with Crippen LogP contribution in [0.1, 0.15) is 13.3 Å². The maximum absolute atomic E-state index is 4.17. The van der Waals surface area contributed by atoms with Gasteiger partial charge in [-0.3, -0.25) is 4.99 Å². The molecule has 4 nitrogen and oxygen atoms in total. The molecule has 1 aromatic rings. The molecule has 0 atom stereocenters. The highest BCUT2D eigenvalue weighted by Gasteiger charge is 2.00. The Morgan fingerprint density at radius 2 is 1.83 bits per heavy atom. The maximum atomic E-state index is 4.17. The molecule has 0 aliphatic rings. The molecular formula is C14H24N4. The lowest BCUT2D eigenvalue weighted by atomic mass is 10.3. The Morgan fingerprint density at radius 3 is 2.44 bits per heavy atom. The largest absolute Gasteiger partial charge is 0.373 e. The fraction of sp³-hybridized carbons (Fsp3) is 0.500. The molecule has 0 saturated heterocycles. The zero-order chi connectivity index (χ0) is 13.2. The van der Waals surface area contributed by atoms with Gasteiger partial charge >= 0.3 is 0 Å². The minimum Gasteiger partial charge on any atom is -0.373 e. The minimum absolute atomic E-state index is 0.870. The fourth-order valence-electron chi connectivity index (χ4n) is 1.62. The first-order valence-electron chi connectivity index (χ1n) is 6.48. The smallest absolute Gasteiger partial charge is 0.191 e. The van der Waals surface area contributed by atoms with Crippen molar-refractivity contribution >= 4 is 11.6 Å². The van der Waals surface area contributed by atoms with Gasteiger partial charge in [0.05, 0.1) is 0 Å². The molecule has 2 N–H and O–H groups in total. The number of guanidine groups is 1. The molecule has 0 aliphatic heterocycles. The quantitative estimate of drug-likeness (QED) is 0.594. The normalized spacial score (nSPS) is 11.2. The summed E-state index contributed by atoms with van der Waals surface area (Å²) in [6, 6.07) is 10.4. The maximum Gasteiger partial charge on any atom is 0.191 e. The van der Waals surface area contributed by atoms with Gasteiger partial charge in [-0.15, -0.1) is 0 Å². The third-order valence-electron chi connectivity index (χ3n) is 2.70. The van der Waals surface area contributed by atoms with Crippen LogP contribution in [0, 0.1) is 0 Å². The number of para-hydroxylation sites is 1. The number of aliphatic imine (C=N–C) groups is 1. The molecule has 100 valence electrons. The Kier molecular flexibility index (Phi) is 6.69. The second kappa shape index (κ2) is 8.39. The Labute approximate surface area is 110 Å². The van der Waals surface area contributed by atoms with E-state index < -0.39 is 0 Å². The second-order valence-electron chi connectivity index (χ2n) is 4.18. The van der Waals surface area contributed by atoms with E-state index in [9.17, 15) is 0 Å². The number of hydrogen-bond donors (Lipinski definition) is 2. The van der Waals surface area contributed by atoms with Crippen molar-refractivity contribution in [2.24, 2.45) is 4.99 Å². The summed E-state index contributed by atoms with van der Waals surface area (Å²) >= 11 is 0. The predicted octanol–water partition coefficient (Wildman–Crippen LogP) is 1.70. The highest BCUT2D eigenvalue weighted by molar-refractivity contribution is 5.79. The van der Waals surface area contributed by atoms with E-state index in [0.29, 0.717) is 0 Å². The molecule has 0 bridgehead atoms. The van der Waals surface area contributed by atoms with Crippen LogP contribution < -0.4 is 15.5 Å². The zero-order valence-electron chi connectivity index (χ0n) is 11.6. The van der Waals surface area contributed by atoms with Crippen molar-refractivity contribution in [1.29, 1.82) is 0 Å². The van der Waals surface area contributed by atoms with Gasteiger partial charge in [0.15, 0.2) is 5.96 Å². The Morgan fingerprint density at radius 1 is 1.17 bits per heavy atom. The van der Waals surface area contributed by atoms with Crippen LogP contribution in [0.4, 0.5) is 5.69 Å². The van der Waals surface area contributed by atoms with Crippen LogP contribution in [0.3, 0.4) is 0 Å². The van der Waals surface area contributed by atoms with Crippen molar-refractivity contribution in [2.45, 2.75) is 13.3 Å². The molecule has 0 aliphatic carbocycles. The number of benzene rings is 1. The molecule has 0 fully saturated rings. The average Bonchev–Trinajstić information content (AvgIpc) is 2.43. The fourth-order valence-corrected chi connectivity index (χ4v) is 1.62. The number of rotatable bonds is 6. The van der Waals surface area contributed by atoms with E-state index in [-0.39, 0.29) is 0 Å². The summed E-state index contributed by atoms with van der Waals surface area (Å²) in [5.41, 5.74) is 1.23. The SMILES string of the molecule is CCCNC(=NC)NCCN(C)c1ccccc1. The van der Waals surface area contributed by atoms with Crippen LogP contribution in [0.15, 0.2) is 35.3 Å². The second-order valence-corrected chi connectivity index (χ2v) is 4.18. The van der Waals surface area contributed by atoms with Crippen molar-refractivity contribution < 1.29 is 0 Å². The van der Waals surface area contributed by atoms with Gasteiger partial charge in [0.1, 0.15) is 0 Å². The van der Waals surface area contributed by atoms with E-state index in [4.69, 9.17) is 0 Å². The number of hydrogen-bond acceptors (Lipinski definition) is 2. The first kappa shape index (κ1) is 14.4. The van der Waals surface area contributed by atoms with E-state index >= 15 is 0 Å². The first-order valence-corrected chi connectivity index (χ1v) is 6.48. The van der Waals surface area contributed by atoms with Crippen LogP contribution in [-0.2, 0) is 0 Å². The molecule has 0 spiro atoms. The van der Waals surface area contributed by atoms with E-state index in [0.717, 1.165) is 32.0 Å². The van der Waals surface area contributed by atoms with Crippen molar-refractivity contribution in [1.82, 2.24) is 10.6 Å². The molecule has 1 aromatic carbocycles. The molecule has 1 rings (SSSR count). The van der Waals surface area contributed by atoms with Gasteiger partial charge in [0, 0.05) is 39.4 Å². The van der Waals surface area contributed by atoms with Crippen molar-refractivity contribution in [3.05, 3.63) is 30.3 Å². The highest BCUT2D eigenvalue weighted by Crippen LogP contribution is 2.09. The van der Waals surface area contributed by atoms with Crippen molar-refractivity contribution in [3.63, 3.8) is 0 Å². The topological polar surface area (TPSA) is 39.7 Å². The molecule has 18 heavy (non-hydrogen) atoms. The third kappa shape index (κ3) is 5.08. The van der Waals surface area contributed by atoms with Gasteiger partial charge < -0.3 is 15.5 Å². The Hall–Kier alpha value is -1.71. The van der Waals surface area contributed by atoms with Crippen LogP contribution in [-0.4, -0.2) is 39.7 Å². The van der Waals surface area contributed by atoms with Gasteiger partial charge in [-0.05, 0) is 18.6 Å². The number of nitrogens with zero attached hydrogens (tertiary/aromatic N) is 2. The van der Waals surface area contributed by atoms with Gasteiger partial charge in [0.25, 0.3) is 0 Å². The third-order valence-corrected chi connectivity index (χ3v) is 2.70. The van der Waals surface area contributed by atoms with Crippen LogP contribution in [0.2, 0.25) is 0 Å². The van der Waals surface area contributed by atoms with Crippen molar-refractivity contribution in [3.8, 4) is 0 Å². The summed E-state index contributed by atoms with van der Waals surface area (Å²) in [4.78, 5) is 6.39. The molecule has 0 saturated carbocycles. The summed E-state index contributed by atoms with van der Waals surface area (Å²) in [7, 11) is 3.89. The first-order chi connectivity index (χ1) is 8.77. The minimum atomic E-state index is 0.870. The lowest BCUT2D eigenvalue weighted by Gasteiger charge is -2.20. The highest BCUT2D eigenvalue weighted by atomic mass is 15.2. The zero-order valence-corrected chi connectivity index (χ0v) is 11.6. The average molecular weight is 248 g/mol. The molecule has 0 unspecified atom stereocenters. The Bertz CT molecular complexity index is 348. The summed E-state index contributed by atoms with van der Waals surface area (Å²) < 4.78 is 0. The summed E-state index contributed by atoms with van der Waals surface area (Å²) in [6.07, 6.45) is 1.10. The van der Waals surface area contributed by atoms with E-state index in [1.165, 1.54) is 5.69 Å². The summed E-state index contributed by atoms with van der Waals surface area (Å²) in [5.74, 6) is 0.873. The van der Waals surface area contributed by atoms with Gasteiger partial charge in [-0.2, -0.15) is 0 Å². The monoisotopic (exact) mass is 248 g/mol. The van der Waals surface area contributed by atoms with Crippen molar-refractivity contribution in [2.75, 3.05) is 38.6 Å². The standard InChI is InChI=1S/C14H24N4/c1-4-10-16-14(15-2)17-11-12-18(3)13-8-6-5-7-9-13/h5-9H,4,10-12H2,1-3H3,(H2,15,16,17). The Balaban J connectivity index is 2.28. The molecule has 4 heteroatoms.